The van der Waals surface area contributed by atoms with Gasteiger partial charge in [-0.1, -0.05) is 24.3 Å². The molecule has 1 aliphatic rings. The largest absolute Gasteiger partial charge is 0.378 e. The Morgan fingerprint density at radius 3 is 2.83 bits per heavy atom. The lowest BCUT2D eigenvalue weighted by atomic mass is 10.1. The van der Waals surface area contributed by atoms with E-state index in [4.69, 9.17) is 0 Å². The van der Waals surface area contributed by atoms with Gasteiger partial charge in [0.15, 0.2) is 0 Å². The third kappa shape index (κ3) is 1.99. The Morgan fingerprint density at radius 2 is 2.00 bits per heavy atom. The molecule has 3 rings (SSSR count). The smallest absolute Gasteiger partial charge is 0.126 e. The molecule has 0 radical (unpaired) electrons. The monoisotopic (exact) mass is 241 g/mol. The van der Waals surface area contributed by atoms with Crippen molar-refractivity contribution in [3.05, 3.63) is 65.0 Å². The molecule has 0 spiro atoms. The van der Waals surface area contributed by atoms with Crippen LogP contribution in [0.3, 0.4) is 0 Å². The molecule has 2 aromatic carbocycles. The van der Waals surface area contributed by atoms with Crippen LogP contribution >= 0.6 is 0 Å². The summed E-state index contributed by atoms with van der Waals surface area (Å²) in [6, 6.07) is 13.9. The predicted octanol–water partition coefficient (Wildman–Crippen LogP) is 4.23. The number of anilines is 1. The number of halogens is 1. The molecule has 0 fully saturated rings. The highest BCUT2D eigenvalue weighted by molar-refractivity contribution is 5.49. The summed E-state index contributed by atoms with van der Waals surface area (Å²) < 4.78 is 13.6. The van der Waals surface area contributed by atoms with E-state index in [1.807, 2.05) is 12.1 Å². The fraction of sp³-hybridized carbons (Fsp3) is 0.250. The van der Waals surface area contributed by atoms with Crippen LogP contribution in [-0.4, -0.2) is 0 Å². The van der Waals surface area contributed by atoms with Gasteiger partial charge in [0, 0.05) is 5.69 Å². The van der Waals surface area contributed by atoms with E-state index in [0.29, 0.717) is 0 Å². The maximum Gasteiger partial charge on any atom is 0.126 e. The highest BCUT2D eigenvalue weighted by atomic mass is 19.1. The van der Waals surface area contributed by atoms with Gasteiger partial charge in [0.1, 0.15) is 5.82 Å². The van der Waals surface area contributed by atoms with Gasteiger partial charge >= 0.3 is 0 Å². The van der Waals surface area contributed by atoms with Crippen molar-refractivity contribution in [1.82, 2.24) is 0 Å². The number of fused-ring (bicyclic) bond motifs is 1. The van der Waals surface area contributed by atoms with Crippen molar-refractivity contribution in [3.8, 4) is 0 Å². The van der Waals surface area contributed by atoms with Crippen LogP contribution in [0.1, 0.15) is 29.2 Å². The predicted molar refractivity (Wildman–Crippen MR) is 72.3 cm³/mol. The second-order valence-electron chi connectivity index (χ2n) is 4.91. The summed E-state index contributed by atoms with van der Waals surface area (Å²) in [4.78, 5) is 0. The molecule has 0 aliphatic heterocycles. The van der Waals surface area contributed by atoms with Crippen LogP contribution in [-0.2, 0) is 6.42 Å². The normalized spacial score (nSPS) is 17.6. The Labute approximate surface area is 107 Å². The summed E-state index contributed by atoms with van der Waals surface area (Å²) in [6.45, 7) is 2.08. The number of rotatable bonds is 2. The van der Waals surface area contributed by atoms with Crippen molar-refractivity contribution in [2.75, 3.05) is 5.32 Å². The van der Waals surface area contributed by atoms with Gasteiger partial charge in [-0.3, -0.25) is 0 Å². The fourth-order valence-corrected chi connectivity index (χ4v) is 2.70. The SMILES string of the molecule is Cc1cccc(NC2CCc3c(F)cccc32)c1. The van der Waals surface area contributed by atoms with Crippen LogP contribution in [0.4, 0.5) is 10.1 Å². The molecule has 0 bridgehead atoms. The van der Waals surface area contributed by atoms with Gasteiger partial charge in [-0.25, -0.2) is 4.39 Å². The minimum Gasteiger partial charge on any atom is -0.378 e. The second kappa shape index (κ2) is 4.45. The second-order valence-corrected chi connectivity index (χ2v) is 4.91. The van der Waals surface area contributed by atoms with Gasteiger partial charge in [0.2, 0.25) is 0 Å². The lowest BCUT2D eigenvalue weighted by Gasteiger charge is -2.16. The molecule has 2 aromatic rings. The molecule has 2 heteroatoms. The summed E-state index contributed by atoms with van der Waals surface area (Å²) in [5.74, 6) is -0.0685. The lowest BCUT2D eigenvalue weighted by Crippen LogP contribution is -2.07. The van der Waals surface area contributed by atoms with E-state index in [2.05, 4.69) is 30.4 Å². The van der Waals surface area contributed by atoms with E-state index in [-0.39, 0.29) is 11.9 Å². The van der Waals surface area contributed by atoms with E-state index in [1.165, 1.54) is 5.56 Å². The topological polar surface area (TPSA) is 12.0 Å². The molecule has 92 valence electrons. The van der Waals surface area contributed by atoms with E-state index in [0.717, 1.165) is 29.7 Å². The highest BCUT2D eigenvalue weighted by Gasteiger charge is 2.24. The van der Waals surface area contributed by atoms with Gasteiger partial charge in [-0.2, -0.15) is 0 Å². The number of aryl methyl sites for hydroxylation is 1. The van der Waals surface area contributed by atoms with Crippen LogP contribution < -0.4 is 5.32 Å². The first-order valence-corrected chi connectivity index (χ1v) is 6.34. The molecule has 0 saturated heterocycles. The van der Waals surface area contributed by atoms with E-state index < -0.39 is 0 Å². The summed E-state index contributed by atoms with van der Waals surface area (Å²) >= 11 is 0. The molecule has 1 nitrogen and oxygen atoms in total. The number of hydrogen-bond acceptors (Lipinski definition) is 1. The van der Waals surface area contributed by atoms with Crippen LogP contribution in [0.2, 0.25) is 0 Å². The van der Waals surface area contributed by atoms with Gasteiger partial charge in [-0.05, 0) is 54.7 Å². The summed E-state index contributed by atoms with van der Waals surface area (Å²) in [5.41, 5.74) is 4.33. The first-order valence-electron chi connectivity index (χ1n) is 6.34. The zero-order valence-corrected chi connectivity index (χ0v) is 10.4. The molecular formula is C16H16FN. The Kier molecular flexibility index (Phi) is 2.78. The number of nitrogens with one attached hydrogen (secondary N) is 1. The molecule has 0 amide bonds. The lowest BCUT2D eigenvalue weighted by molar-refractivity contribution is 0.612. The van der Waals surface area contributed by atoms with Gasteiger partial charge in [0.25, 0.3) is 0 Å². The first kappa shape index (κ1) is 11.3. The Morgan fingerprint density at radius 1 is 1.17 bits per heavy atom. The highest BCUT2D eigenvalue weighted by Crippen LogP contribution is 2.35. The van der Waals surface area contributed by atoms with Crippen molar-refractivity contribution in [1.29, 1.82) is 0 Å². The molecule has 0 heterocycles. The fourth-order valence-electron chi connectivity index (χ4n) is 2.70. The Balaban J connectivity index is 1.87. The van der Waals surface area contributed by atoms with Gasteiger partial charge < -0.3 is 5.32 Å². The third-order valence-corrected chi connectivity index (χ3v) is 3.57. The van der Waals surface area contributed by atoms with Crippen molar-refractivity contribution in [3.63, 3.8) is 0 Å². The molecular weight excluding hydrogens is 225 g/mol. The van der Waals surface area contributed by atoms with Crippen molar-refractivity contribution in [2.45, 2.75) is 25.8 Å². The number of hydrogen-bond donors (Lipinski definition) is 1. The number of benzene rings is 2. The van der Waals surface area contributed by atoms with Gasteiger partial charge in [0.05, 0.1) is 6.04 Å². The van der Waals surface area contributed by atoms with E-state index >= 15 is 0 Å². The van der Waals surface area contributed by atoms with Crippen LogP contribution in [0.25, 0.3) is 0 Å². The molecule has 0 aromatic heterocycles. The molecule has 1 atom stereocenters. The maximum atomic E-state index is 13.6. The minimum absolute atomic E-state index is 0.0685. The van der Waals surface area contributed by atoms with E-state index in [1.54, 1.807) is 12.1 Å². The zero-order chi connectivity index (χ0) is 12.5. The molecule has 18 heavy (non-hydrogen) atoms. The van der Waals surface area contributed by atoms with E-state index in [9.17, 15) is 4.39 Å². The Hall–Kier alpha value is -1.83. The molecule has 1 unspecified atom stereocenters. The van der Waals surface area contributed by atoms with Crippen molar-refractivity contribution < 1.29 is 4.39 Å². The summed E-state index contributed by atoms with van der Waals surface area (Å²) in [5, 5.41) is 3.50. The van der Waals surface area contributed by atoms with Crippen molar-refractivity contribution in [2.24, 2.45) is 0 Å². The quantitative estimate of drug-likeness (QED) is 0.829. The summed E-state index contributed by atoms with van der Waals surface area (Å²) in [6.07, 6.45) is 1.79. The van der Waals surface area contributed by atoms with Crippen molar-refractivity contribution >= 4 is 5.69 Å². The van der Waals surface area contributed by atoms with Crippen LogP contribution in [0, 0.1) is 12.7 Å². The third-order valence-electron chi connectivity index (χ3n) is 3.57. The average Bonchev–Trinajstić information content (AvgIpc) is 2.74. The van der Waals surface area contributed by atoms with Crippen LogP contribution in [0.15, 0.2) is 42.5 Å². The molecule has 1 N–H and O–H groups in total. The standard InChI is InChI=1S/C16H16FN/c1-11-4-2-5-12(10-11)18-16-9-8-13-14(16)6-3-7-15(13)17/h2-7,10,16,18H,8-9H2,1H3. The minimum atomic E-state index is -0.0685. The first-order chi connectivity index (χ1) is 8.74. The van der Waals surface area contributed by atoms with Gasteiger partial charge in [-0.15, -0.1) is 0 Å². The molecule has 1 aliphatic carbocycles. The zero-order valence-electron chi connectivity index (χ0n) is 10.4. The van der Waals surface area contributed by atoms with Crippen LogP contribution in [0.5, 0.6) is 0 Å². The maximum absolute atomic E-state index is 13.6. The molecule has 0 saturated carbocycles. The summed E-state index contributed by atoms with van der Waals surface area (Å²) in [7, 11) is 0. The average molecular weight is 241 g/mol. The Bertz CT molecular complexity index is 577.